The third-order valence-electron chi connectivity index (χ3n) is 5.06. The van der Waals surface area contributed by atoms with Crippen LogP contribution in [0.25, 0.3) is 0 Å². The second-order valence-corrected chi connectivity index (χ2v) is 6.37. The highest BCUT2D eigenvalue weighted by Crippen LogP contribution is 2.48. The van der Waals surface area contributed by atoms with Gasteiger partial charge in [0.05, 0.1) is 0 Å². The van der Waals surface area contributed by atoms with Gasteiger partial charge in [-0.25, -0.2) is 0 Å². The molecule has 0 aliphatic heterocycles. The molecule has 0 heterocycles. The molecule has 2 saturated carbocycles. The molecule has 2 aliphatic carbocycles. The van der Waals surface area contributed by atoms with Gasteiger partial charge in [-0.3, -0.25) is 9.69 Å². The zero-order chi connectivity index (χ0) is 13.1. The molecular formula is C15H27NO2. The molecule has 4 atom stereocenters. The molecular weight excluding hydrogens is 226 g/mol. The lowest BCUT2D eigenvalue weighted by molar-refractivity contribution is -0.143. The number of likely N-dealkylation sites (N-methyl/N-ethyl adjacent to an activating group) is 1. The number of carboxylic acids is 1. The maximum absolute atomic E-state index is 11.3. The molecule has 2 rings (SSSR count). The first kappa shape index (κ1) is 13.9. The molecule has 2 bridgehead atoms. The highest BCUT2D eigenvalue weighted by molar-refractivity contribution is 5.73. The molecule has 3 nitrogen and oxygen atoms in total. The van der Waals surface area contributed by atoms with Crippen LogP contribution in [0, 0.1) is 17.8 Å². The summed E-state index contributed by atoms with van der Waals surface area (Å²) < 4.78 is 0. The Morgan fingerprint density at radius 1 is 1.39 bits per heavy atom. The van der Waals surface area contributed by atoms with Gasteiger partial charge in [0, 0.05) is 6.54 Å². The lowest BCUT2D eigenvalue weighted by atomic mass is 9.88. The summed E-state index contributed by atoms with van der Waals surface area (Å²) in [5, 5.41) is 9.33. The minimum absolute atomic E-state index is 0.274. The summed E-state index contributed by atoms with van der Waals surface area (Å²) in [5.74, 6) is 1.96. The van der Waals surface area contributed by atoms with Crippen molar-refractivity contribution in [3.63, 3.8) is 0 Å². The van der Waals surface area contributed by atoms with E-state index in [-0.39, 0.29) is 6.04 Å². The second kappa shape index (κ2) is 6.05. The van der Waals surface area contributed by atoms with Crippen molar-refractivity contribution in [2.75, 3.05) is 13.6 Å². The van der Waals surface area contributed by atoms with Gasteiger partial charge in [-0.15, -0.1) is 0 Å². The van der Waals surface area contributed by atoms with E-state index in [0.29, 0.717) is 0 Å². The molecule has 4 unspecified atom stereocenters. The molecule has 0 aromatic carbocycles. The molecule has 0 aromatic rings. The number of aliphatic carboxylic acids is 1. The van der Waals surface area contributed by atoms with E-state index in [1.165, 1.54) is 25.7 Å². The summed E-state index contributed by atoms with van der Waals surface area (Å²) in [6.07, 6.45) is 8.44. The van der Waals surface area contributed by atoms with Crippen molar-refractivity contribution in [3.8, 4) is 0 Å². The number of carboxylic acid groups (broad SMARTS) is 1. The Kier molecular flexibility index (Phi) is 4.66. The Labute approximate surface area is 111 Å². The van der Waals surface area contributed by atoms with Crippen molar-refractivity contribution >= 4 is 5.97 Å². The van der Waals surface area contributed by atoms with Gasteiger partial charge in [-0.05, 0) is 50.5 Å². The number of hydrogen-bond donors (Lipinski definition) is 1. The third-order valence-corrected chi connectivity index (χ3v) is 5.06. The first-order valence-electron chi connectivity index (χ1n) is 7.54. The lowest BCUT2D eigenvalue weighted by Gasteiger charge is -2.31. The molecule has 1 N–H and O–H groups in total. The third kappa shape index (κ3) is 3.05. The Bertz CT molecular complexity index is 292. The number of unbranched alkanes of at least 4 members (excludes halogenated alkanes) is 1. The minimum Gasteiger partial charge on any atom is -0.480 e. The van der Waals surface area contributed by atoms with Crippen LogP contribution in [-0.4, -0.2) is 35.6 Å². The molecule has 0 spiro atoms. The first-order valence-corrected chi connectivity index (χ1v) is 7.54. The average Bonchev–Trinajstić information content (AvgIpc) is 2.91. The zero-order valence-corrected chi connectivity index (χ0v) is 11.8. The predicted molar refractivity (Wildman–Crippen MR) is 72.5 cm³/mol. The fraction of sp³-hybridized carbons (Fsp3) is 0.933. The monoisotopic (exact) mass is 253 g/mol. The van der Waals surface area contributed by atoms with Crippen LogP contribution in [-0.2, 0) is 4.79 Å². The number of carbonyl (C=O) groups is 1. The quantitative estimate of drug-likeness (QED) is 0.758. The fourth-order valence-corrected chi connectivity index (χ4v) is 4.03. The Morgan fingerprint density at radius 3 is 2.67 bits per heavy atom. The van der Waals surface area contributed by atoms with E-state index in [4.69, 9.17) is 0 Å². The number of nitrogens with zero attached hydrogens (tertiary/aromatic N) is 1. The molecule has 3 heteroatoms. The largest absolute Gasteiger partial charge is 0.480 e. The minimum atomic E-state index is -0.644. The van der Waals surface area contributed by atoms with Gasteiger partial charge in [0.15, 0.2) is 0 Å². The second-order valence-electron chi connectivity index (χ2n) is 6.37. The van der Waals surface area contributed by atoms with Crippen LogP contribution in [0.1, 0.15) is 51.9 Å². The molecule has 2 aliphatic rings. The highest BCUT2D eigenvalue weighted by atomic mass is 16.4. The lowest BCUT2D eigenvalue weighted by Crippen LogP contribution is -2.42. The topological polar surface area (TPSA) is 40.5 Å². The maximum atomic E-state index is 11.3. The van der Waals surface area contributed by atoms with Gasteiger partial charge in [0.2, 0.25) is 0 Å². The smallest absolute Gasteiger partial charge is 0.320 e. The summed E-state index contributed by atoms with van der Waals surface area (Å²) in [4.78, 5) is 13.4. The summed E-state index contributed by atoms with van der Waals surface area (Å²) in [6.45, 7) is 3.11. The predicted octanol–water partition coefficient (Wildman–Crippen LogP) is 3.00. The molecule has 18 heavy (non-hydrogen) atoms. The van der Waals surface area contributed by atoms with Crippen LogP contribution in [0.15, 0.2) is 0 Å². The van der Waals surface area contributed by atoms with E-state index in [9.17, 15) is 9.90 Å². The van der Waals surface area contributed by atoms with E-state index in [2.05, 4.69) is 11.8 Å². The van der Waals surface area contributed by atoms with E-state index >= 15 is 0 Å². The normalized spacial score (nSPS) is 32.1. The van der Waals surface area contributed by atoms with Crippen LogP contribution in [0.4, 0.5) is 0 Å². The van der Waals surface area contributed by atoms with Crippen molar-refractivity contribution < 1.29 is 9.90 Å². The van der Waals surface area contributed by atoms with Gasteiger partial charge in [0.1, 0.15) is 6.04 Å². The SMILES string of the molecule is CCCCC(C(=O)O)N(C)CC1CC2CCC1C2. The van der Waals surface area contributed by atoms with E-state index < -0.39 is 5.97 Å². The van der Waals surface area contributed by atoms with Gasteiger partial charge >= 0.3 is 5.97 Å². The van der Waals surface area contributed by atoms with Gasteiger partial charge in [0.25, 0.3) is 0 Å². The first-order chi connectivity index (χ1) is 8.61. The van der Waals surface area contributed by atoms with Crippen molar-refractivity contribution in [2.24, 2.45) is 17.8 Å². The van der Waals surface area contributed by atoms with Crippen LogP contribution in [0.2, 0.25) is 0 Å². The van der Waals surface area contributed by atoms with E-state index in [1.807, 2.05) is 7.05 Å². The molecule has 104 valence electrons. The summed E-state index contributed by atoms with van der Waals surface area (Å²) >= 11 is 0. The van der Waals surface area contributed by atoms with Crippen molar-refractivity contribution in [3.05, 3.63) is 0 Å². The zero-order valence-electron chi connectivity index (χ0n) is 11.8. The molecule has 0 radical (unpaired) electrons. The van der Waals surface area contributed by atoms with Crippen LogP contribution in [0.5, 0.6) is 0 Å². The van der Waals surface area contributed by atoms with Crippen LogP contribution >= 0.6 is 0 Å². The van der Waals surface area contributed by atoms with Crippen molar-refractivity contribution in [1.29, 1.82) is 0 Å². The average molecular weight is 253 g/mol. The Morgan fingerprint density at radius 2 is 2.17 bits per heavy atom. The van der Waals surface area contributed by atoms with Gasteiger partial charge in [-0.2, -0.15) is 0 Å². The van der Waals surface area contributed by atoms with Crippen molar-refractivity contribution in [2.45, 2.75) is 57.9 Å². The summed E-state index contributed by atoms with van der Waals surface area (Å²) in [6, 6.07) is -0.274. The van der Waals surface area contributed by atoms with Crippen LogP contribution in [0.3, 0.4) is 0 Å². The number of fused-ring (bicyclic) bond motifs is 2. The summed E-state index contributed by atoms with van der Waals surface area (Å²) in [5.41, 5.74) is 0. The fourth-order valence-electron chi connectivity index (χ4n) is 4.03. The summed E-state index contributed by atoms with van der Waals surface area (Å²) in [7, 11) is 2.00. The van der Waals surface area contributed by atoms with Gasteiger partial charge in [-0.1, -0.05) is 26.2 Å². The Balaban J connectivity index is 1.84. The van der Waals surface area contributed by atoms with E-state index in [1.54, 1.807) is 0 Å². The number of rotatable bonds is 7. The van der Waals surface area contributed by atoms with E-state index in [0.717, 1.165) is 43.6 Å². The number of hydrogen-bond acceptors (Lipinski definition) is 2. The van der Waals surface area contributed by atoms with Crippen LogP contribution < -0.4 is 0 Å². The van der Waals surface area contributed by atoms with Crippen molar-refractivity contribution in [1.82, 2.24) is 4.90 Å². The Hall–Kier alpha value is -0.570. The maximum Gasteiger partial charge on any atom is 0.320 e. The molecule has 0 amide bonds. The molecule has 2 fully saturated rings. The van der Waals surface area contributed by atoms with Gasteiger partial charge < -0.3 is 5.11 Å². The molecule has 0 saturated heterocycles. The molecule has 0 aromatic heterocycles. The standard InChI is InChI=1S/C15H27NO2/c1-3-4-5-14(15(17)18)16(2)10-13-9-11-6-7-12(13)8-11/h11-14H,3-10H2,1-2H3,(H,17,18). The highest BCUT2D eigenvalue weighted by Gasteiger charge is 2.40.